The normalized spacial score (nSPS) is 22.0. The van der Waals surface area contributed by atoms with Crippen LogP contribution in [0, 0.1) is 0 Å². The van der Waals surface area contributed by atoms with Gasteiger partial charge in [-0.3, -0.25) is 0 Å². The molecule has 2 atom stereocenters. The number of hydrogen-bond acceptors (Lipinski definition) is 4. The third-order valence-electron chi connectivity index (χ3n) is 4.54. The van der Waals surface area contributed by atoms with E-state index in [9.17, 15) is 0 Å². The fourth-order valence-corrected chi connectivity index (χ4v) is 3.38. The molecule has 2 N–H and O–H groups in total. The molecule has 0 aliphatic carbocycles. The van der Waals surface area contributed by atoms with E-state index in [1.165, 1.54) is 0 Å². The van der Waals surface area contributed by atoms with Gasteiger partial charge in [0.1, 0.15) is 22.8 Å². The molecule has 0 bridgehead atoms. The van der Waals surface area contributed by atoms with Crippen LogP contribution in [0.25, 0.3) is 0 Å². The summed E-state index contributed by atoms with van der Waals surface area (Å²) in [6.45, 7) is 4.15. The molecule has 0 fully saturated rings. The molecule has 0 aromatic heterocycles. The smallest absolute Gasteiger partial charge is 0.128 e. The van der Waals surface area contributed by atoms with Crippen molar-refractivity contribution in [2.75, 3.05) is 14.2 Å². The summed E-state index contributed by atoms with van der Waals surface area (Å²) in [5.41, 5.74) is 8.33. The Morgan fingerprint density at radius 1 is 0.957 bits per heavy atom. The van der Waals surface area contributed by atoms with Crippen LogP contribution in [0.5, 0.6) is 17.2 Å². The van der Waals surface area contributed by atoms with Gasteiger partial charge in [0, 0.05) is 23.6 Å². The van der Waals surface area contributed by atoms with E-state index in [0.29, 0.717) is 0 Å². The van der Waals surface area contributed by atoms with Gasteiger partial charge in [0.05, 0.1) is 14.2 Å². The summed E-state index contributed by atoms with van der Waals surface area (Å²) in [4.78, 5) is 0. The molecule has 1 heterocycles. The van der Waals surface area contributed by atoms with E-state index in [2.05, 4.69) is 26.0 Å². The summed E-state index contributed by atoms with van der Waals surface area (Å²) in [7, 11) is 3.31. The minimum Gasteiger partial charge on any atom is -0.497 e. The molecule has 0 spiro atoms. The van der Waals surface area contributed by atoms with Gasteiger partial charge in [0.25, 0.3) is 0 Å². The van der Waals surface area contributed by atoms with E-state index in [4.69, 9.17) is 19.9 Å². The summed E-state index contributed by atoms with van der Waals surface area (Å²) in [6.07, 6.45) is 0. The Kier molecular flexibility index (Phi) is 3.94. The van der Waals surface area contributed by atoms with E-state index in [0.717, 1.165) is 28.4 Å². The minimum absolute atomic E-state index is 0.0503. The predicted octanol–water partition coefficient (Wildman–Crippen LogP) is 3.66. The Labute approximate surface area is 137 Å². The number of hydrogen-bond donors (Lipinski definition) is 1. The molecule has 1 aliphatic rings. The zero-order chi connectivity index (χ0) is 16.6. The highest BCUT2D eigenvalue weighted by Gasteiger charge is 2.43. The number of benzene rings is 2. The van der Waals surface area contributed by atoms with Gasteiger partial charge in [-0.25, -0.2) is 0 Å². The molecule has 4 nitrogen and oxygen atoms in total. The van der Waals surface area contributed by atoms with Crippen LogP contribution in [-0.4, -0.2) is 19.8 Å². The zero-order valence-electron chi connectivity index (χ0n) is 14.0. The van der Waals surface area contributed by atoms with Crippen LogP contribution in [0.15, 0.2) is 42.5 Å². The Bertz CT molecular complexity index is 694. The Morgan fingerprint density at radius 2 is 1.57 bits per heavy atom. The molecule has 4 heteroatoms. The van der Waals surface area contributed by atoms with Gasteiger partial charge in [-0.1, -0.05) is 18.2 Å². The van der Waals surface area contributed by atoms with Crippen molar-refractivity contribution < 1.29 is 14.2 Å². The molecule has 1 aliphatic heterocycles. The summed E-state index contributed by atoms with van der Waals surface area (Å²) in [5.74, 6) is 2.46. The van der Waals surface area contributed by atoms with Crippen LogP contribution in [0.2, 0.25) is 0 Å². The molecule has 0 saturated carbocycles. The number of methoxy groups -OCH3 is 2. The number of fused-ring (bicyclic) bond motifs is 1. The maximum absolute atomic E-state index is 6.61. The third kappa shape index (κ3) is 2.75. The first kappa shape index (κ1) is 15.7. The van der Waals surface area contributed by atoms with E-state index in [1.807, 2.05) is 30.3 Å². The largest absolute Gasteiger partial charge is 0.497 e. The summed E-state index contributed by atoms with van der Waals surface area (Å²) in [5, 5.41) is 0. The van der Waals surface area contributed by atoms with Crippen molar-refractivity contribution in [3.8, 4) is 17.2 Å². The first-order valence-electron chi connectivity index (χ1n) is 7.73. The van der Waals surface area contributed by atoms with Crippen molar-refractivity contribution >= 4 is 0 Å². The lowest BCUT2D eigenvalue weighted by molar-refractivity contribution is 0.0476. The zero-order valence-corrected chi connectivity index (χ0v) is 14.0. The molecule has 122 valence electrons. The molecular weight excluding hydrogens is 290 g/mol. The minimum atomic E-state index is -0.423. The lowest BCUT2D eigenvalue weighted by Crippen LogP contribution is -2.45. The molecule has 2 aromatic carbocycles. The molecule has 0 amide bonds. The number of nitrogens with two attached hydrogens (primary N) is 1. The van der Waals surface area contributed by atoms with Crippen LogP contribution >= 0.6 is 0 Å². The summed E-state index contributed by atoms with van der Waals surface area (Å²) >= 11 is 0. The van der Waals surface area contributed by atoms with E-state index < -0.39 is 5.60 Å². The number of rotatable bonds is 3. The molecule has 0 saturated heterocycles. The fraction of sp³-hybridized carbons (Fsp3) is 0.368. The maximum atomic E-state index is 6.61. The van der Waals surface area contributed by atoms with Gasteiger partial charge in [0.2, 0.25) is 0 Å². The molecule has 2 unspecified atom stereocenters. The Balaban J connectivity index is 2.03. The number of ether oxygens (including phenoxy) is 3. The van der Waals surface area contributed by atoms with Gasteiger partial charge in [0.15, 0.2) is 0 Å². The van der Waals surface area contributed by atoms with E-state index in [-0.39, 0.29) is 12.0 Å². The average Bonchev–Trinajstić information content (AvgIpc) is 2.54. The SMILES string of the molecule is COc1ccc(C2C(N)c3ccc(OC)cc3OC2(C)C)cc1. The second kappa shape index (κ2) is 5.78. The highest BCUT2D eigenvalue weighted by molar-refractivity contribution is 5.47. The van der Waals surface area contributed by atoms with Crippen LogP contribution in [0.3, 0.4) is 0 Å². The van der Waals surface area contributed by atoms with Crippen molar-refractivity contribution in [2.45, 2.75) is 31.4 Å². The van der Waals surface area contributed by atoms with Gasteiger partial charge in [-0.15, -0.1) is 0 Å². The molecule has 3 rings (SSSR count). The average molecular weight is 313 g/mol. The van der Waals surface area contributed by atoms with Crippen molar-refractivity contribution in [1.29, 1.82) is 0 Å². The lowest BCUT2D eigenvalue weighted by Gasteiger charge is -2.44. The Morgan fingerprint density at radius 3 is 2.17 bits per heavy atom. The quantitative estimate of drug-likeness (QED) is 0.939. The van der Waals surface area contributed by atoms with Crippen LogP contribution in [0.4, 0.5) is 0 Å². The summed E-state index contributed by atoms with van der Waals surface area (Å²) in [6, 6.07) is 13.7. The van der Waals surface area contributed by atoms with Gasteiger partial charge in [-0.05, 0) is 37.6 Å². The van der Waals surface area contributed by atoms with E-state index in [1.54, 1.807) is 14.2 Å². The Hall–Kier alpha value is -2.20. The second-order valence-electron chi connectivity index (χ2n) is 6.39. The van der Waals surface area contributed by atoms with Gasteiger partial charge in [-0.2, -0.15) is 0 Å². The monoisotopic (exact) mass is 313 g/mol. The maximum Gasteiger partial charge on any atom is 0.128 e. The van der Waals surface area contributed by atoms with Crippen molar-refractivity contribution in [3.05, 3.63) is 53.6 Å². The third-order valence-corrected chi connectivity index (χ3v) is 4.54. The van der Waals surface area contributed by atoms with Crippen molar-refractivity contribution in [1.82, 2.24) is 0 Å². The first-order valence-corrected chi connectivity index (χ1v) is 7.73. The second-order valence-corrected chi connectivity index (χ2v) is 6.39. The first-order chi connectivity index (χ1) is 11.0. The van der Waals surface area contributed by atoms with Crippen molar-refractivity contribution in [2.24, 2.45) is 5.73 Å². The topological polar surface area (TPSA) is 53.7 Å². The van der Waals surface area contributed by atoms with Crippen molar-refractivity contribution in [3.63, 3.8) is 0 Å². The van der Waals surface area contributed by atoms with Gasteiger partial charge < -0.3 is 19.9 Å². The van der Waals surface area contributed by atoms with Crippen LogP contribution in [-0.2, 0) is 0 Å². The molecular formula is C19H23NO3. The fourth-order valence-electron chi connectivity index (χ4n) is 3.38. The highest BCUT2D eigenvalue weighted by atomic mass is 16.5. The van der Waals surface area contributed by atoms with Gasteiger partial charge >= 0.3 is 0 Å². The predicted molar refractivity (Wildman–Crippen MR) is 90.4 cm³/mol. The summed E-state index contributed by atoms with van der Waals surface area (Å²) < 4.78 is 16.8. The lowest BCUT2D eigenvalue weighted by atomic mass is 9.75. The molecule has 0 radical (unpaired) electrons. The standard InChI is InChI=1S/C19H23NO3/c1-19(2)17(12-5-7-13(21-3)8-6-12)18(20)15-10-9-14(22-4)11-16(15)23-19/h5-11,17-18H,20H2,1-4H3. The molecule has 2 aromatic rings. The highest BCUT2D eigenvalue weighted by Crippen LogP contribution is 2.48. The van der Waals surface area contributed by atoms with Crippen LogP contribution in [0.1, 0.15) is 36.9 Å². The van der Waals surface area contributed by atoms with E-state index >= 15 is 0 Å². The molecule has 23 heavy (non-hydrogen) atoms. The van der Waals surface area contributed by atoms with Crippen LogP contribution < -0.4 is 19.9 Å².